The number of aromatic amines is 1. The Morgan fingerprint density at radius 3 is 2.49 bits per heavy atom. The molecule has 1 unspecified atom stereocenters. The second-order valence-electron chi connectivity index (χ2n) is 17.4. The molecular weight excluding hydrogens is 812 g/mol. The van der Waals surface area contributed by atoms with E-state index in [1.807, 2.05) is 37.3 Å². The molecule has 0 radical (unpaired) electrons. The number of hydrogen-bond donors (Lipinski definition) is 3. The first kappa shape index (κ1) is 41.3. The minimum absolute atomic E-state index is 0.00741. The zero-order chi connectivity index (χ0) is 42.3. The van der Waals surface area contributed by atoms with Crippen molar-refractivity contribution in [1.29, 1.82) is 0 Å². The van der Waals surface area contributed by atoms with Crippen LogP contribution in [0.3, 0.4) is 0 Å². The molecule has 2 amide bonds. The number of aryl methyl sites for hydroxylation is 2. The molecule has 3 saturated heterocycles. The fourth-order valence-corrected chi connectivity index (χ4v) is 11.3. The number of halogens is 1. The van der Waals surface area contributed by atoms with E-state index in [1.54, 1.807) is 36.7 Å². The number of likely N-dealkylation sites (tertiary alicyclic amines) is 1. The van der Waals surface area contributed by atoms with E-state index in [0.29, 0.717) is 40.7 Å². The number of pyridine rings is 1. The van der Waals surface area contributed by atoms with Gasteiger partial charge in [0.05, 0.1) is 28.1 Å². The van der Waals surface area contributed by atoms with Crippen molar-refractivity contribution in [3.8, 4) is 11.5 Å². The first-order chi connectivity index (χ1) is 29.5. The topological polar surface area (TPSA) is 146 Å². The number of hydrogen-bond acceptors (Lipinski definition) is 9. The maximum atomic E-state index is 13.9. The second-order valence-corrected chi connectivity index (χ2v) is 19.5. The number of carbonyl (C=O) groups excluding carboxylic acids is 2. The number of piperidine rings is 1. The molecule has 1 spiro atoms. The summed E-state index contributed by atoms with van der Waals surface area (Å²) in [6.07, 6.45) is 11.2. The molecule has 12 nitrogen and oxygen atoms in total. The Balaban J connectivity index is 0.906. The molecule has 14 heteroatoms. The number of aromatic nitrogens is 2. The molecular formula is C47H53ClN6O6S. The summed E-state index contributed by atoms with van der Waals surface area (Å²) in [4.78, 5) is 39.7. The lowest BCUT2D eigenvalue weighted by Crippen LogP contribution is -2.63. The zero-order valence-electron chi connectivity index (χ0n) is 34.7. The van der Waals surface area contributed by atoms with E-state index < -0.39 is 15.9 Å². The number of amides is 2. The van der Waals surface area contributed by atoms with Gasteiger partial charge >= 0.3 is 0 Å². The third-order valence-electron chi connectivity index (χ3n) is 13.4. The molecule has 3 N–H and O–H groups in total. The Labute approximate surface area is 362 Å². The number of anilines is 2. The van der Waals surface area contributed by atoms with Crippen molar-refractivity contribution in [2.45, 2.75) is 76.2 Å². The van der Waals surface area contributed by atoms with Crippen LogP contribution in [0, 0.1) is 31.1 Å². The number of nitrogens with zero attached hydrogens (tertiary/aromatic N) is 3. The van der Waals surface area contributed by atoms with Crippen LogP contribution in [-0.2, 0) is 19.6 Å². The molecule has 5 heterocycles. The minimum atomic E-state index is -4.24. The van der Waals surface area contributed by atoms with Gasteiger partial charge in [-0.3, -0.25) is 9.59 Å². The highest BCUT2D eigenvalue weighted by molar-refractivity contribution is 7.90. The minimum Gasteiger partial charge on any atom is -0.455 e. The van der Waals surface area contributed by atoms with Crippen LogP contribution >= 0.6 is 11.6 Å². The summed E-state index contributed by atoms with van der Waals surface area (Å²) in [6, 6.07) is 19.9. The van der Waals surface area contributed by atoms with Crippen molar-refractivity contribution in [2.24, 2.45) is 17.3 Å². The largest absolute Gasteiger partial charge is 0.455 e. The molecule has 4 fully saturated rings. The number of benzene rings is 3. The lowest BCUT2D eigenvalue weighted by atomic mass is 9.65. The zero-order valence-corrected chi connectivity index (χ0v) is 36.3. The summed E-state index contributed by atoms with van der Waals surface area (Å²) in [5.74, 6) is 0.935. The van der Waals surface area contributed by atoms with E-state index in [0.717, 1.165) is 112 Å². The van der Waals surface area contributed by atoms with Gasteiger partial charge in [-0.25, -0.2) is 18.1 Å². The maximum absolute atomic E-state index is 13.9. The first-order valence-corrected chi connectivity index (χ1v) is 23.4. The van der Waals surface area contributed by atoms with Gasteiger partial charge in [-0.15, -0.1) is 0 Å². The molecule has 5 aromatic rings. The molecule has 4 aliphatic rings. The van der Waals surface area contributed by atoms with Gasteiger partial charge in [0, 0.05) is 73.4 Å². The van der Waals surface area contributed by atoms with Crippen LogP contribution < -0.4 is 19.7 Å². The average Bonchev–Trinajstić information content (AvgIpc) is 3.96. The van der Waals surface area contributed by atoms with Gasteiger partial charge in [-0.1, -0.05) is 30.5 Å². The highest BCUT2D eigenvalue weighted by Crippen LogP contribution is 2.60. The Hall–Kier alpha value is -5.11. The third-order valence-corrected chi connectivity index (χ3v) is 15.0. The number of rotatable bonds is 12. The van der Waals surface area contributed by atoms with Crippen LogP contribution in [0.15, 0.2) is 84.0 Å². The van der Waals surface area contributed by atoms with Crippen LogP contribution in [0.2, 0.25) is 5.02 Å². The quantitative estimate of drug-likeness (QED) is 0.105. The van der Waals surface area contributed by atoms with Crippen LogP contribution in [0.5, 0.6) is 11.5 Å². The smallest absolute Gasteiger partial charge is 0.268 e. The van der Waals surface area contributed by atoms with Gasteiger partial charge < -0.3 is 29.6 Å². The summed E-state index contributed by atoms with van der Waals surface area (Å²) in [5.41, 5.74) is 5.27. The third kappa shape index (κ3) is 8.32. The van der Waals surface area contributed by atoms with E-state index >= 15 is 0 Å². The number of fused-ring (bicyclic) bond motifs is 1. The van der Waals surface area contributed by atoms with Gasteiger partial charge in [0.15, 0.2) is 0 Å². The van der Waals surface area contributed by atoms with Crippen molar-refractivity contribution >= 4 is 55.8 Å². The number of carbonyl (C=O) groups is 2. The van der Waals surface area contributed by atoms with E-state index in [9.17, 15) is 18.0 Å². The van der Waals surface area contributed by atoms with Crippen molar-refractivity contribution in [3.05, 3.63) is 106 Å². The fourth-order valence-electron chi connectivity index (χ4n) is 10.0. The molecule has 9 rings (SSSR count). The van der Waals surface area contributed by atoms with Gasteiger partial charge in [-0.05, 0) is 135 Å². The maximum Gasteiger partial charge on any atom is 0.268 e. The molecule has 0 bridgehead atoms. The van der Waals surface area contributed by atoms with E-state index in [-0.39, 0.29) is 27.7 Å². The monoisotopic (exact) mass is 864 g/mol. The van der Waals surface area contributed by atoms with Crippen LogP contribution in [-0.4, -0.2) is 74.5 Å². The molecule has 3 aromatic carbocycles. The van der Waals surface area contributed by atoms with Crippen LogP contribution in [0.25, 0.3) is 11.0 Å². The Bertz CT molecular complexity index is 2560. The highest BCUT2D eigenvalue weighted by atomic mass is 35.5. The SMILES string of the molecule is Cc1cc(S(=O)(=O)NC(=O)c2ccc(N3CCC(CN4C(=O)C5(CCCC5)C4c4ccc(Cl)cc4C)CC3)cc2Oc2cnc3[nH]ccc3c2)ccc1NCC1CCOCC1. The molecule has 320 valence electrons. The van der Waals surface area contributed by atoms with E-state index in [2.05, 4.69) is 42.8 Å². The predicted octanol–water partition coefficient (Wildman–Crippen LogP) is 8.94. The van der Waals surface area contributed by atoms with Gasteiger partial charge in [0.1, 0.15) is 17.1 Å². The summed E-state index contributed by atoms with van der Waals surface area (Å²) >= 11 is 6.35. The lowest BCUT2D eigenvalue weighted by molar-refractivity contribution is -0.174. The molecule has 1 atom stereocenters. The summed E-state index contributed by atoms with van der Waals surface area (Å²) in [6.45, 7) is 8.45. The van der Waals surface area contributed by atoms with Crippen molar-refractivity contribution in [1.82, 2.24) is 19.6 Å². The van der Waals surface area contributed by atoms with Crippen molar-refractivity contribution in [2.75, 3.05) is 49.6 Å². The van der Waals surface area contributed by atoms with E-state index in [4.69, 9.17) is 21.1 Å². The fraction of sp³-hybridized carbons (Fsp3) is 0.426. The van der Waals surface area contributed by atoms with Crippen LogP contribution in [0.4, 0.5) is 11.4 Å². The average molecular weight is 865 g/mol. The van der Waals surface area contributed by atoms with Gasteiger partial charge in [0.25, 0.3) is 15.9 Å². The van der Waals surface area contributed by atoms with Gasteiger partial charge in [0.2, 0.25) is 5.91 Å². The Morgan fingerprint density at radius 1 is 0.951 bits per heavy atom. The van der Waals surface area contributed by atoms with Crippen molar-refractivity contribution < 1.29 is 27.5 Å². The molecule has 61 heavy (non-hydrogen) atoms. The number of ether oxygens (including phenoxy) is 2. The van der Waals surface area contributed by atoms with Crippen LogP contribution in [0.1, 0.15) is 84.5 Å². The normalized spacial score (nSPS) is 19.7. The van der Waals surface area contributed by atoms with Crippen molar-refractivity contribution in [3.63, 3.8) is 0 Å². The Kier molecular flexibility index (Phi) is 11.5. The highest BCUT2D eigenvalue weighted by Gasteiger charge is 2.62. The molecule has 1 saturated carbocycles. The summed E-state index contributed by atoms with van der Waals surface area (Å²) in [7, 11) is -4.24. The molecule has 1 aliphatic carbocycles. The predicted molar refractivity (Wildman–Crippen MR) is 237 cm³/mol. The standard InChI is InChI=1S/C47H53ClN6O6S/c1-30-23-35(48)5-8-39(30)43-47(16-3-4-17-47)46(56)54(43)29-33-12-19-53(20-13-33)36-6-9-40(42(26-36)60-37-25-34-11-18-49-44(34)51-28-37)45(55)52-61(57,58)38-7-10-41(31(2)24-38)50-27-32-14-21-59-22-15-32/h5-11,18,23-26,28,32-33,43,50H,3-4,12-17,19-22,27,29H2,1-2H3,(H,49,51)(H,52,55). The lowest BCUT2D eigenvalue weighted by Gasteiger charge is -2.56. The summed E-state index contributed by atoms with van der Waals surface area (Å²) in [5, 5.41) is 5.00. The van der Waals surface area contributed by atoms with E-state index in [1.165, 1.54) is 11.6 Å². The first-order valence-electron chi connectivity index (χ1n) is 21.5. The Morgan fingerprint density at radius 2 is 1.74 bits per heavy atom. The number of sulfonamides is 1. The molecule has 3 aliphatic heterocycles. The summed E-state index contributed by atoms with van der Waals surface area (Å²) < 4.78 is 41.5. The number of nitrogens with one attached hydrogen (secondary N) is 3. The van der Waals surface area contributed by atoms with Gasteiger partial charge in [-0.2, -0.15) is 0 Å². The molecule has 2 aromatic heterocycles. The number of H-pyrrole nitrogens is 1. The number of β-lactam (4-membered cyclic amide) rings is 1. The second kappa shape index (κ2) is 17.0.